The minimum absolute atomic E-state index is 0.0899. The summed E-state index contributed by atoms with van der Waals surface area (Å²) in [5, 5.41) is 15.3. The van der Waals surface area contributed by atoms with Gasteiger partial charge in [-0.3, -0.25) is 4.79 Å². The van der Waals surface area contributed by atoms with Crippen molar-refractivity contribution in [1.29, 1.82) is 5.26 Å². The summed E-state index contributed by atoms with van der Waals surface area (Å²) in [4.78, 5) is 12.1. The first-order chi connectivity index (χ1) is 11.0. The van der Waals surface area contributed by atoms with Crippen molar-refractivity contribution in [3.8, 4) is 6.07 Å². The van der Waals surface area contributed by atoms with Crippen LogP contribution in [-0.2, 0) is 4.79 Å². The van der Waals surface area contributed by atoms with Gasteiger partial charge in [-0.2, -0.15) is 5.26 Å². The van der Waals surface area contributed by atoms with Crippen molar-refractivity contribution in [2.24, 2.45) is 0 Å². The number of nitriles is 1. The number of amides is 1. The van der Waals surface area contributed by atoms with Crippen molar-refractivity contribution in [1.82, 2.24) is 0 Å². The average molecular weight is 347 g/mol. The molecule has 116 valence electrons. The maximum absolute atomic E-state index is 12.1. The smallest absolute Gasteiger partial charge is 0.267 e. The molecule has 7 heteroatoms. The van der Waals surface area contributed by atoms with Gasteiger partial charge in [0.25, 0.3) is 5.91 Å². The Balaban J connectivity index is 2.08. The van der Waals surface area contributed by atoms with Gasteiger partial charge in [-0.1, -0.05) is 23.2 Å². The van der Waals surface area contributed by atoms with Crippen LogP contribution >= 0.6 is 23.2 Å². The van der Waals surface area contributed by atoms with E-state index in [-0.39, 0.29) is 5.57 Å². The largest absolute Gasteiger partial charge is 0.399 e. The molecule has 0 aliphatic carbocycles. The summed E-state index contributed by atoms with van der Waals surface area (Å²) in [6.45, 7) is 0. The van der Waals surface area contributed by atoms with Crippen molar-refractivity contribution in [3.05, 3.63) is 64.3 Å². The Morgan fingerprint density at radius 2 is 1.74 bits per heavy atom. The number of nitrogens with zero attached hydrogens (tertiary/aromatic N) is 1. The number of hydrogen-bond donors (Lipinski definition) is 3. The summed E-state index contributed by atoms with van der Waals surface area (Å²) in [6.07, 6.45) is 1.30. The molecule has 2 aromatic carbocycles. The molecule has 0 saturated heterocycles. The van der Waals surface area contributed by atoms with E-state index in [9.17, 15) is 4.79 Å². The minimum atomic E-state index is -0.537. The van der Waals surface area contributed by atoms with E-state index in [1.807, 2.05) is 6.07 Å². The number of nitrogens with one attached hydrogen (secondary N) is 2. The lowest BCUT2D eigenvalue weighted by atomic mass is 10.2. The van der Waals surface area contributed by atoms with Crippen molar-refractivity contribution in [3.63, 3.8) is 0 Å². The van der Waals surface area contributed by atoms with E-state index in [4.69, 9.17) is 34.2 Å². The van der Waals surface area contributed by atoms with E-state index < -0.39 is 5.91 Å². The molecule has 0 atom stereocenters. The molecule has 0 saturated carbocycles. The van der Waals surface area contributed by atoms with Gasteiger partial charge in [0.15, 0.2) is 0 Å². The number of benzene rings is 2. The molecule has 4 N–H and O–H groups in total. The molecule has 2 aromatic rings. The molecule has 0 aliphatic rings. The molecule has 1 amide bonds. The predicted molar refractivity (Wildman–Crippen MR) is 93.3 cm³/mol. The lowest BCUT2D eigenvalue weighted by Crippen LogP contribution is -2.14. The lowest BCUT2D eigenvalue weighted by Gasteiger charge is -2.06. The molecule has 0 aromatic heterocycles. The lowest BCUT2D eigenvalue weighted by molar-refractivity contribution is -0.112. The first kappa shape index (κ1) is 16.7. The summed E-state index contributed by atoms with van der Waals surface area (Å²) < 4.78 is 0. The summed E-state index contributed by atoms with van der Waals surface area (Å²) in [5.41, 5.74) is 7.21. The highest BCUT2D eigenvalue weighted by Gasteiger charge is 2.09. The van der Waals surface area contributed by atoms with Gasteiger partial charge in [-0.15, -0.1) is 0 Å². The van der Waals surface area contributed by atoms with Crippen LogP contribution in [0.25, 0.3) is 0 Å². The Morgan fingerprint density at radius 3 is 2.35 bits per heavy atom. The van der Waals surface area contributed by atoms with Crippen LogP contribution in [0.5, 0.6) is 0 Å². The molecular weight excluding hydrogens is 335 g/mol. The fourth-order valence-corrected chi connectivity index (χ4v) is 1.95. The van der Waals surface area contributed by atoms with E-state index >= 15 is 0 Å². The fraction of sp³-hybridized carbons (Fsp3) is 0. The van der Waals surface area contributed by atoms with E-state index in [2.05, 4.69) is 10.6 Å². The molecule has 0 aliphatic heterocycles. The highest BCUT2D eigenvalue weighted by atomic mass is 35.5. The number of carbonyl (C=O) groups is 1. The minimum Gasteiger partial charge on any atom is -0.399 e. The molecule has 5 nitrogen and oxygen atoms in total. The van der Waals surface area contributed by atoms with Gasteiger partial charge in [-0.25, -0.2) is 0 Å². The van der Waals surface area contributed by atoms with Crippen molar-refractivity contribution < 1.29 is 4.79 Å². The number of nitrogen functional groups attached to an aromatic ring is 1. The third kappa shape index (κ3) is 4.65. The van der Waals surface area contributed by atoms with Gasteiger partial charge in [-0.05, 0) is 42.5 Å². The quantitative estimate of drug-likeness (QED) is 0.442. The second-order valence-corrected chi connectivity index (χ2v) is 5.33. The zero-order valence-electron chi connectivity index (χ0n) is 11.8. The van der Waals surface area contributed by atoms with Gasteiger partial charge in [0.05, 0.1) is 10.0 Å². The van der Waals surface area contributed by atoms with Gasteiger partial charge < -0.3 is 16.4 Å². The maximum Gasteiger partial charge on any atom is 0.267 e. The molecular formula is C16H12Cl2N4O. The summed E-state index contributed by atoms with van der Waals surface area (Å²) in [7, 11) is 0. The first-order valence-corrected chi connectivity index (χ1v) is 7.24. The fourth-order valence-electron chi connectivity index (χ4n) is 1.65. The first-order valence-electron chi connectivity index (χ1n) is 6.48. The SMILES string of the molecule is N#C/C(=C/Nc1ccc(Cl)c(Cl)c1)C(=O)Nc1ccc(N)cc1. The molecule has 0 bridgehead atoms. The molecule has 2 rings (SSSR count). The summed E-state index contributed by atoms with van der Waals surface area (Å²) in [5.74, 6) is -0.537. The Bertz CT molecular complexity index is 795. The Hall–Kier alpha value is -2.68. The van der Waals surface area contributed by atoms with Crippen LogP contribution in [0, 0.1) is 11.3 Å². The highest BCUT2D eigenvalue weighted by Crippen LogP contribution is 2.25. The zero-order valence-corrected chi connectivity index (χ0v) is 13.3. The van der Waals surface area contributed by atoms with Gasteiger partial charge in [0.2, 0.25) is 0 Å². The van der Waals surface area contributed by atoms with Gasteiger partial charge in [0.1, 0.15) is 11.6 Å². The monoisotopic (exact) mass is 346 g/mol. The Labute approximate surface area is 143 Å². The number of carbonyl (C=O) groups excluding carboxylic acids is 1. The van der Waals surface area contributed by atoms with Crippen LogP contribution in [0.3, 0.4) is 0 Å². The second-order valence-electron chi connectivity index (χ2n) is 4.52. The van der Waals surface area contributed by atoms with E-state index in [0.29, 0.717) is 27.1 Å². The van der Waals surface area contributed by atoms with Crippen LogP contribution in [0.15, 0.2) is 54.2 Å². The number of anilines is 3. The van der Waals surface area contributed by atoms with Crippen molar-refractivity contribution in [2.75, 3.05) is 16.4 Å². The highest BCUT2D eigenvalue weighted by molar-refractivity contribution is 6.42. The normalized spacial score (nSPS) is 10.7. The molecule has 0 heterocycles. The number of nitrogens with two attached hydrogens (primary N) is 1. The van der Waals surface area contributed by atoms with Crippen molar-refractivity contribution in [2.45, 2.75) is 0 Å². The molecule has 0 unspecified atom stereocenters. The Kier molecular flexibility index (Phi) is 5.47. The van der Waals surface area contributed by atoms with Crippen LogP contribution in [0.2, 0.25) is 10.0 Å². The zero-order chi connectivity index (χ0) is 16.8. The molecule has 23 heavy (non-hydrogen) atoms. The maximum atomic E-state index is 12.1. The van der Waals surface area contributed by atoms with Crippen LogP contribution in [0.1, 0.15) is 0 Å². The topological polar surface area (TPSA) is 90.9 Å². The number of hydrogen-bond acceptors (Lipinski definition) is 4. The average Bonchev–Trinajstić information content (AvgIpc) is 2.53. The molecule has 0 spiro atoms. The second kappa shape index (κ2) is 7.54. The van der Waals surface area contributed by atoms with E-state index in [1.165, 1.54) is 6.20 Å². The van der Waals surface area contributed by atoms with Crippen LogP contribution in [-0.4, -0.2) is 5.91 Å². The number of rotatable bonds is 4. The van der Waals surface area contributed by atoms with Gasteiger partial charge >= 0.3 is 0 Å². The molecule has 0 radical (unpaired) electrons. The predicted octanol–water partition coefficient (Wildman–Crippen LogP) is 4.03. The van der Waals surface area contributed by atoms with E-state index in [1.54, 1.807) is 42.5 Å². The summed E-state index contributed by atoms with van der Waals surface area (Å²) in [6, 6.07) is 13.3. The molecule has 0 fully saturated rings. The summed E-state index contributed by atoms with van der Waals surface area (Å²) >= 11 is 11.7. The third-order valence-corrected chi connectivity index (χ3v) is 3.58. The standard InChI is InChI=1S/C16H12Cl2N4O/c17-14-6-5-13(7-15(14)18)21-9-10(8-19)16(23)22-12-3-1-11(20)2-4-12/h1-7,9,21H,20H2,(H,22,23)/b10-9-. The third-order valence-electron chi connectivity index (χ3n) is 2.84. The number of halogens is 2. The Morgan fingerprint density at radius 1 is 1.09 bits per heavy atom. The van der Waals surface area contributed by atoms with Crippen LogP contribution < -0.4 is 16.4 Å². The van der Waals surface area contributed by atoms with Gasteiger partial charge in [0, 0.05) is 23.3 Å². The van der Waals surface area contributed by atoms with Crippen molar-refractivity contribution >= 4 is 46.2 Å². The van der Waals surface area contributed by atoms with Crippen LogP contribution in [0.4, 0.5) is 17.1 Å². The van der Waals surface area contributed by atoms with E-state index in [0.717, 1.165) is 0 Å².